The smallest absolute Gasteiger partial charge is 0.254 e. The van der Waals surface area contributed by atoms with Crippen molar-refractivity contribution in [2.75, 3.05) is 27.2 Å². The number of carbonyl (C=O) groups is 1. The lowest BCUT2D eigenvalue weighted by Gasteiger charge is -2.24. The number of imidazole rings is 1. The summed E-state index contributed by atoms with van der Waals surface area (Å²) in [7, 11) is 4.02. The predicted molar refractivity (Wildman–Crippen MR) is 114 cm³/mol. The number of amides is 1. The monoisotopic (exact) mass is 394 g/mol. The second-order valence-electron chi connectivity index (χ2n) is 7.79. The Hall–Kier alpha value is -2.93. The fraction of sp³-hybridized carbons (Fsp3) is 0.409. The molecule has 0 bridgehead atoms. The molecule has 0 atom stereocenters. The van der Waals surface area contributed by atoms with E-state index in [-0.39, 0.29) is 5.91 Å². The van der Waals surface area contributed by atoms with E-state index in [2.05, 4.69) is 33.0 Å². The molecule has 0 fully saturated rings. The topological polar surface area (TPSA) is 70.1 Å². The van der Waals surface area contributed by atoms with Gasteiger partial charge in [0.2, 0.25) is 0 Å². The molecule has 7 heteroatoms. The molecule has 0 aliphatic heterocycles. The van der Waals surface area contributed by atoms with Gasteiger partial charge >= 0.3 is 0 Å². The largest absolute Gasteiger partial charge is 0.348 e. The zero-order chi connectivity index (χ0) is 21.0. The number of hydrogen-bond donors (Lipinski definition) is 1. The number of carbonyl (C=O) groups excluding carboxylic acids is 1. The molecule has 7 nitrogen and oxygen atoms in total. The average Bonchev–Trinajstić information content (AvgIpc) is 3.22. The second-order valence-corrected chi connectivity index (χ2v) is 7.79. The van der Waals surface area contributed by atoms with Crippen LogP contribution in [0.2, 0.25) is 0 Å². The molecule has 154 valence electrons. The summed E-state index contributed by atoms with van der Waals surface area (Å²) in [5.74, 6) is 0.0203. The van der Waals surface area contributed by atoms with Crippen molar-refractivity contribution in [2.45, 2.75) is 33.9 Å². The van der Waals surface area contributed by atoms with Crippen LogP contribution in [-0.4, -0.2) is 62.6 Å². The number of aromatic nitrogens is 4. The van der Waals surface area contributed by atoms with E-state index in [4.69, 9.17) is 0 Å². The molecule has 1 N–H and O–H groups in total. The number of aryl methyl sites for hydroxylation is 3. The molecule has 3 rings (SSSR count). The highest BCUT2D eigenvalue weighted by atomic mass is 16.2. The standard InChI is InChI=1S/C22H30N6O/c1-16-12-17(2)28(25-16)13-19-6-8-20(9-7-19)22(29)27(11-10-26(4)5)14-21-18(3)23-15-24-21/h6-9,12,15H,10-11,13-14H2,1-5H3,(H,23,24). The van der Waals surface area contributed by atoms with Gasteiger partial charge in [0.05, 0.1) is 30.8 Å². The number of likely N-dealkylation sites (N-methyl/N-ethyl adjacent to an activating group) is 1. The Morgan fingerprint density at radius 2 is 1.83 bits per heavy atom. The molecular formula is C22H30N6O. The van der Waals surface area contributed by atoms with Crippen LogP contribution >= 0.6 is 0 Å². The maximum absolute atomic E-state index is 13.2. The van der Waals surface area contributed by atoms with E-state index in [1.165, 1.54) is 0 Å². The minimum absolute atomic E-state index is 0.0203. The highest BCUT2D eigenvalue weighted by Gasteiger charge is 2.18. The lowest BCUT2D eigenvalue weighted by atomic mass is 10.1. The quantitative estimate of drug-likeness (QED) is 0.638. The third kappa shape index (κ3) is 5.32. The van der Waals surface area contributed by atoms with Gasteiger partial charge in [-0.1, -0.05) is 12.1 Å². The van der Waals surface area contributed by atoms with Crippen LogP contribution < -0.4 is 0 Å². The number of rotatable bonds is 8. The summed E-state index contributed by atoms with van der Waals surface area (Å²) >= 11 is 0. The summed E-state index contributed by atoms with van der Waals surface area (Å²) < 4.78 is 1.98. The van der Waals surface area contributed by atoms with E-state index in [0.29, 0.717) is 25.2 Å². The Bertz CT molecular complexity index is 954. The average molecular weight is 395 g/mol. The van der Waals surface area contributed by atoms with E-state index in [9.17, 15) is 4.79 Å². The van der Waals surface area contributed by atoms with Crippen LogP contribution in [0.1, 0.15) is 38.7 Å². The highest BCUT2D eigenvalue weighted by Crippen LogP contribution is 2.14. The van der Waals surface area contributed by atoms with Gasteiger partial charge in [-0.05, 0) is 58.6 Å². The van der Waals surface area contributed by atoms with Crippen molar-refractivity contribution in [2.24, 2.45) is 0 Å². The molecule has 1 aromatic carbocycles. The highest BCUT2D eigenvalue weighted by molar-refractivity contribution is 5.94. The van der Waals surface area contributed by atoms with Gasteiger partial charge in [-0.25, -0.2) is 4.98 Å². The van der Waals surface area contributed by atoms with Crippen LogP contribution in [-0.2, 0) is 13.1 Å². The summed E-state index contributed by atoms with van der Waals surface area (Å²) in [5.41, 5.74) is 5.85. The Morgan fingerprint density at radius 1 is 1.10 bits per heavy atom. The Kier molecular flexibility index (Phi) is 6.49. The lowest BCUT2D eigenvalue weighted by molar-refractivity contribution is 0.0730. The number of benzene rings is 1. The first kappa shape index (κ1) is 20.8. The van der Waals surface area contributed by atoms with E-state index in [1.807, 2.05) is 61.8 Å². The van der Waals surface area contributed by atoms with Crippen LogP contribution in [0.15, 0.2) is 36.7 Å². The molecule has 0 aliphatic carbocycles. The fourth-order valence-electron chi connectivity index (χ4n) is 3.24. The molecule has 0 unspecified atom stereocenters. The zero-order valence-electron chi connectivity index (χ0n) is 17.9. The molecule has 3 aromatic rings. The molecule has 0 aliphatic rings. The van der Waals surface area contributed by atoms with Gasteiger partial charge in [-0.15, -0.1) is 0 Å². The van der Waals surface area contributed by atoms with Gasteiger partial charge < -0.3 is 14.8 Å². The first-order valence-corrected chi connectivity index (χ1v) is 9.86. The number of nitrogens with zero attached hydrogens (tertiary/aromatic N) is 5. The fourth-order valence-corrected chi connectivity index (χ4v) is 3.24. The third-order valence-electron chi connectivity index (χ3n) is 5.02. The Balaban J connectivity index is 1.74. The lowest BCUT2D eigenvalue weighted by Crippen LogP contribution is -2.36. The van der Waals surface area contributed by atoms with Crippen molar-refractivity contribution < 1.29 is 4.79 Å². The van der Waals surface area contributed by atoms with Crippen LogP contribution in [0.4, 0.5) is 0 Å². The first-order valence-electron chi connectivity index (χ1n) is 9.86. The van der Waals surface area contributed by atoms with Gasteiger partial charge in [0.25, 0.3) is 5.91 Å². The van der Waals surface area contributed by atoms with Gasteiger partial charge in [-0.3, -0.25) is 9.48 Å². The summed E-state index contributed by atoms with van der Waals surface area (Å²) in [5, 5.41) is 4.51. The SMILES string of the molecule is Cc1cc(C)n(Cc2ccc(C(=O)N(CCN(C)C)Cc3nc[nH]c3C)cc2)n1. The molecular weight excluding hydrogens is 364 g/mol. The number of H-pyrrole nitrogens is 1. The van der Waals surface area contributed by atoms with Gasteiger partial charge in [-0.2, -0.15) is 5.10 Å². The van der Waals surface area contributed by atoms with Crippen molar-refractivity contribution in [1.82, 2.24) is 29.5 Å². The molecule has 2 heterocycles. The summed E-state index contributed by atoms with van der Waals surface area (Å²) in [6, 6.07) is 9.89. The summed E-state index contributed by atoms with van der Waals surface area (Å²) in [6.07, 6.45) is 1.67. The van der Waals surface area contributed by atoms with Crippen molar-refractivity contribution in [1.29, 1.82) is 0 Å². The minimum Gasteiger partial charge on any atom is -0.348 e. The molecule has 0 saturated heterocycles. The molecule has 2 aromatic heterocycles. The van der Waals surface area contributed by atoms with Crippen LogP contribution in [0.25, 0.3) is 0 Å². The van der Waals surface area contributed by atoms with Crippen molar-refractivity contribution in [3.63, 3.8) is 0 Å². The first-order chi connectivity index (χ1) is 13.8. The van der Waals surface area contributed by atoms with E-state index in [1.54, 1.807) is 6.33 Å². The number of aromatic amines is 1. The van der Waals surface area contributed by atoms with E-state index in [0.717, 1.165) is 34.9 Å². The van der Waals surface area contributed by atoms with Gasteiger partial charge in [0, 0.05) is 30.0 Å². The van der Waals surface area contributed by atoms with Gasteiger partial charge in [0.15, 0.2) is 0 Å². The maximum atomic E-state index is 13.2. The Morgan fingerprint density at radius 3 is 2.38 bits per heavy atom. The third-order valence-corrected chi connectivity index (χ3v) is 5.02. The van der Waals surface area contributed by atoms with E-state index < -0.39 is 0 Å². The Labute approximate surface area is 172 Å². The van der Waals surface area contributed by atoms with E-state index >= 15 is 0 Å². The molecule has 0 spiro atoms. The van der Waals surface area contributed by atoms with Crippen molar-refractivity contribution in [3.8, 4) is 0 Å². The number of nitrogens with one attached hydrogen (secondary N) is 1. The van der Waals surface area contributed by atoms with Crippen molar-refractivity contribution >= 4 is 5.91 Å². The van der Waals surface area contributed by atoms with Crippen molar-refractivity contribution in [3.05, 3.63) is 70.6 Å². The normalized spacial score (nSPS) is 11.2. The maximum Gasteiger partial charge on any atom is 0.254 e. The molecule has 0 radical (unpaired) electrons. The van der Waals surface area contributed by atoms with Crippen LogP contribution in [0.5, 0.6) is 0 Å². The van der Waals surface area contributed by atoms with Crippen LogP contribution in [0.3, 0.4) is 0 Å². The second kappa shape index (κ2) is 9.05. The van der Waals surface area contributed by atoms with Gasteiger partial charge in [0.1, 0.15) is 0 Å². The summed E-state index contributed by atoms with van der Waals surface area (Å²) in [6.45, 7) is 8.66. The predicted octanol–water partition coefficient (Wildman–Crippen LogP) is 2.78. The minimum atomic E-state index is 0.0203. The molecule has 1 amide bonds. The molecule has 0 saturated carbocycles. The van der Waals surface area contributed by atoms with Crippen LogP contribution in [0, 0.1) is 20.8 Å². The molecule has 29 heavy (non-hydrogen) atoms. The zero-order valence-corrected chi connectivity index (χ0v) is 17.9. The number of hydrogen-bond acceptors (Lipinski definition) is 4. The summed E-state index contributed by atoms with van der Waals surface area (Å²) in [4.78, 5) is 24.6.